The Labute approximate surface area is 164 Å². The highest BCUT2D eigenvalue weighted by Gasteiger charge is 2.26. The Hall–Kier alpha value is -2.85. The molecular weight excluding hydrogens is 348 g/mol. The summed E-state index contributed by atoms with van der Waals surface area (Å²) < 4.78 is 8.19. The lowest BCUT2D eigenvalue weighted by molar-refractivity contribution is 0.0927. The van der Waals surface area contributed by atoms with Crippen LogP contribution in [0.4, 0.5) is 0 Å². The van der Waals surface area contributed by atoms with E-state index in [9.17, 15) is 5.11 Å². The molecule has 1 saturated carbocycles. The largest absolute Gasteiger partial charge is 0.490 e. The first kappa shape index (κ1) is 17.3. The summed E-state index contributed by atoms with van der Waals surface area (Å²) in [7, 11) is 0. The quantitative estimate of drug-likeness (QED) is 0.524. The van der Waals surface area contributed by atoms with Gasteiger partial charge in [0.2, 0.25) is 0 Å². The maximum Gasteiger partial charge on any atom is 0.127 e. The minimum Gasteiger partial charge on any atom is -0.490 e. The molecule has 0 radical (unpaired) electrons. The Morgan fingerprint density at radius 3 is 2.64 bits per heavy atom. The van der Waals surface area contributed by atoms with Crippen LogP contribution in [-0.4, -0.2) is 27.4 Å². The predicted molar refractivity (Wildman–Crippen MR) is 112 cm³/mol. The lowest BCUT2D eigenvalue weighted by Crippen LogP contribution is -2.26. The molecule has 1 unspecified atom stereocenters. The van der Waals surface area contributed by atoms with E-state index < -0.39 is 6.10 Å². The standard InChI is InChI=1S/C24H24N2O2/c27-19(16-28-23-14-6-8-17-7-1-2-11-20(17)23)15-26-22-13-4-3-12-21(22)25-24(26)18-9-5-10-18/h1-4,6-8,11-14,18-19,27H,5,9-10,15-16H2. The number of nitrogens with zero attached hydrogens (tertiary/aromatic N) is 2. The average Bonchev–Trinajstić information content (AvgIpc) is 3.03. The van der Waals surface area contributed by atoms with E-state index in [0.717, 1.165) is 33.4 Å². The molecule has 0 saturated heterocycles. The van der Waals surface area contributed by atoms with Gasteiger partial charge in [-0.05, 0) is 36.4 Å². The molecule has 28 heavy (non-hydrogen) atoms. The monoisotopic (exact) mass is 372 g/mol. The number of para-hydroxylation sites is 2. The summed E-state index contributed by atoms with van der Waals surface area (Å²) in [6.45, 7) is 0.752. The van der Waals surface area contributed by atoms with Crippen molar-refractivity contribution in [2.24, 2.45) is 0 Å². The molecular formula is C24H24N2O2. The van der Waals surface area contributed by atoms with Gasteiger partial charge in [0.15, 0.2) is 0 Å². The minimum absolute atomic E-state index is 0.255. The number of aliphatic hydroxyl groups is 1. The summed E-state index contributed by atoms with van der Waals surface area (Å²) in [6.07, 6.45) is 3.04. The number of rotatable bonds is 6. The summed E-state index contributed by atoms with van der Waals surface area (Å²) in [5, 5.41) is 12.9. The summed E-state index contributed by atoms with van der Waals surface area (Å²) in [4.78, 5) is 4.86. The second-order valence-electron chi connectivity index (χ2n) is 7.64. The van der Waals surface area contributed by atoms with Gasteiger partial charge in [0.25, 0.3) is 0 Å². The number of aromatic nitrogens is 2. The molecule has 1 N–H and O–H groups in total. The maximum absolute atomic E-state index is 10.7. The Kier molecular flexibility index (Phi) is 4.49. The zero-order valence-electron chi connectivity index (χ0n) is 15.8. The van der Waals surface area contributed by atoms with Gasteiger partial charge in [-0.1, -0.05) is 55.0 Å². The highest BCUT2D eigenvalue weighted by atomic mass is 16.5. The van der Waals surface area contributed by atoms with Gasteiger partial charge in [-0.15, -0.1) is 0 Å². The van der Waals surface area contributed by atoms with Gasteiger partial charge in [-0.3, -0.25) is 0 Å². The number of hydrogen-bond donors (Lipinski definition) is 1. The molecule has 3 aromatic carbocycles. The zero-order valence-corrected chi connectivity index (χ0v) is 15.8. The number of imidazole rings is 1. The Morgan fingerprint density at radius 1 is 1.00 bits per heavy atom. The van der Waals surface area contributed by atoms with E-state index in [2.05, 4.69) is 28.8 Å². The predicted octanol–water partition coefficient (Wildman–Crippen LogP) is 4.90. The zero-order chi connectivity index (χ0) is 18.9. The maximum atomic E-state index is 10.7. The van der Waals surface area contributed by atoms with Crippen LogP contribution in [0.25, 0.3) is 21.8 Å². The van der Waals surface area contributed by atoms with Crippen LogP contribution in [-0.2, 0) is 6.54 Å². The molecule has 1 atom stereocenters. The van der Waals surface area contributed by atoms with Crippen molar-refractivity contribution in [3.05, 3.63) is 72.6 Å². The number of ether oxygens (including phenoxy) is 1. The summed E-state index contributed by atoms with van der Waals surface area (Å²) in [6, 6.07) is 22.4. The van der Waals surface area contributed by atoms with Gasteiger partial charge in [-0.2, -0.15) is 0 Å². The SMILES string of the molecule is OC(COc1cccc2ccccc12)Cn1c(C2CCC2)nc2ccccc21. The van der Waals surface area contributed by atoms with E-state index in [1.807, 2.05) is 42.5 Å². The molecule has 0 amide bonds. The normalized spacial score (nSPS) is 15.6. The molecule has 4 nitrogen and oxygen atoms in total. The van der Waals surface area contributed by atoms with E-state index in [4.69, 9.17) is 9.72 Å². The van der Waals surface area contributed by atoms with Crippen LogP contribution in [0.1, 0.15) is 31.0 Å². The van der Waals surface area contributed by atoms with Gasteiger partial charge in [-0.25, -0.2) is 4.98 Å². The lowest BCUT2D eigenvalue weighted by atomic mass is 9.85. The van der Waals surface area contributed by atoms with Crippen molar-refractivity contribution in [1.82, 2.24) is 9.55 Å². The van der Waals surface area contributed by atoms with Crippen molar-refractivity contribution >= 4 is 21.8 Å². The smallest absolute Gasteiger partial charge is 0.127 e. The van der Waals surface area contributed by atoms with Crippen molar-refractivity contribution in [3.8, 4) is 5.75 Å². The lowest BCUT2D eigenvalue weighted by Gasteiger charge is -2.26. The van der Waals surface area contributed by atoms with Crippen LogP contribution in [0, 0.1) is 0 Å². The van der Waals surface area contributed by atoms with Gasteiger partial charge in [0.1, 0.15) is 24.3 Å². The molecule has 1 aromatic heterocycles. The fourth-order valence-corrected chi connectivity index (χ4v) is 4.04. The number of fused-ring (bicyclic) bond motifs is 2. The Bertz CT molecular complexity index is 1110. The molecule has 1 fully saturated rings. The molecule has 5 rings (SSSR count). The molecule has 1 aliphatic rings. The molecule has 4 heteroatoms. The van der Waals surface area contributed by atoms with E-state index in [1.54, 1.807) is 0 Å². The van der Waals surface area contributed by atoms with Gasteiger partial charge in [0, 0.05) is 11.3 Å². The fraction of sp³-hybridized carbons (Fsp3) is 0.292. The third-order valence-corrected chi connectivity index (χ3v) is 5.73. The van der Waals surface area contributed by atoms with E-state index >= 15 is 0 Å². The fourth-order valence-electron chi connectivity index (χ4n) is 4.04. The summed E-state index contributed by atoms with van der Waals surface area (Å²) >= 11 is 0. The molecule has 142 valence electrons. The number of hydrogen-bond acceptors (Lipinski definition) is 3. The van der Waals surface area contributed by atoms with Crippen LogP contribution in [0.5, 0.6) is 5.75 Å². The molecule has 1 heterocycles. The van der Waals surface area contributed by atoms with E-state index in [0.29, 0.717) is 12.5 Å². The highest BCUT2D eigenvalue weighted by Crippen LogP contribution is 2.37. The summed E-state index contributed by atoms with van der Waals surface area (Å²) in [5.74, 6) is 2.43. The molecule has 1 aliphatic carbocycles. The Morgan fingerprint density at radius 2 is 1.79 bits per heavy atom. The highest BCUT2D eigenvalue weighted by molar-refractivity contribution is 5.88. The van der Waals surface area contributed by atoms with Crippen LogP contribution >= 0.6 is 0 Å². The first-order valence-corrected chi connectivity index (χ1v) is 10.0. The first-order chi connectivity index (χ1) is 13.8. The second kappa shape index (κ2) is 7.28. The molecule has 4 aromatic rings. The molecule has 0 bridgehead atoms. The molecule has 0 aliphatic heterocycles. The van der Waals surface area contributed by atoms with Gasteiger partial charge < -0.3 is 14.4 Å². The Balaban J connectivity index is 1.36. The summed E-state index contributed by atoms with van der Waals surface area (Å²) in [5.41, 5.74) is 2.10. The van der Waals surface area contributed by atoms with Crippen molar-refractivity contribution in [2.75, 3.05) is 6.61 Å². The van der Waals surface area contributed by atoms with Crippen molar-refractivity contribution in [1.29, 1.82) is 0 Å². The number of benzene rings is 3. The van der Waals surface area contributed by atoms with Crippen LogP contribution in [0.3, 0.4) is 0 Å². The van der Waals surface area contributed by atoms with E-state index in [-0.39, 0.29) is 6.61 Å². The van der Waals surface area contributed by atoms with Gasteiger partial charge >= 0.3 is 0 Å². The minimum atomic E-state index is -0.601. The van der Waals surface area contributed by atoms with Gasteiger partial charge in [0.05, 0.1) is 17.6 Å². The van der Waals surface area contributed by atoms with Crippen molar-refractivity contribution < 1.29 is 9.84 Å². The number of aliphatic hydroxyl groups excluding tert-OH is 1. The topological polar surface area (TPSA) is 47.3 Å². The van der Waals surface area contributed by atoms with Crippen molar-refractivity contribution in [2.45, 2.75) is 37.8 Å². The second-order valence-corrected chi connectivity index (χ2v) is 7.64. The van der Waals surface area contributed by atoms with Crippen LogP contribution < -0.4 is 4.74 Å². The van der Waals surface area contributed by atoms with E-state index in [1.165, 1.54) is 19.3 Å². The third-order valence-electron chi connectivity index (χ3n) is 5.73. The average molecular weight is 372 g/mol. The third kappa shape index (κ3) is 3.14. The first-order valence-electron chi connectivity index (χ1n) is 10.0. The molecule has 0 spiro atoms. The van der Waals surface area contributed by atoms with Crippen LogP contribution in [0.2, 0.25) is 0 Å². The van der Waals surface area contributed by atoms with Crippen LogP contribution in [0.15, 0.2) is 66.7 Å². The van der Waals surface area contributed by atoms with Crippen molar-refractivity contribution in [3.63, 3.8) is 0 Å².